The largest absolute Gasteiger partial charge is 0.311 e. The summed E-state index contributed by atoms with van der Waals surface area (Å²) in [6.07, 6.45) is 19.2. The average molecular weight is 652 g/mol. The summed E-state index contributed by atoms with van der Waals surface area (Å²) in [6, 6.07) is 41.6. The molecule has 3 heteroatoms. The second-order valence-electron chi connectivity index (χ2n) is 13.2. The molecule has 0 unspecified atom stereocenters. The highest BCUT2D eigenvalue weighted by molar-refractivity contribution is 6.13. The van der Waals surface area contributed by atoms with E-state index in [2.05, 4.69) is 196 Å². The Morgan fingerprint density at radius 2 is 1.31 bits per heavy atom. The Morgan fingerprint density at radius 3 is 2.22 bits per heavy atom. The fourth-order valence-electron chi connectivity index (χ4n) is 8.16. The minimum atomic E-state index is 0.915. The first-order valence-electron chi connectivity index (χ1n) is 17.5. The molecule has 1 aliphatic heterocycles. The van der Waals surface area contributed by atoms with Crippen LogP contribution in [0, 0.1) is 0 Å². The molecule has 51 heavy (non-hydrogen) atoms. The van der Waals surface area contributed by atoms with Gasteiger partial charge < -0.3 is 14.0 Å². The summed E-state index contributed by atoms with van der Waals surface area (Å²) in [7, 11) is 0. The Kier molecular flexibility index (Phi) is 6.69. The zero-order valence-electron chi connectivity index (χ0n) is 28.1. The highest BCUT2D eigenvalue weighted by atomic mass is 15.1. The van der Waals surface area contributed by atoms with E-state index in [1.165, 1.54) is 38.6 Å². The number of anilines is 2. The molecule has 0 bridgehead atoms. The van der Waals surface area contributed by atoms with E-state index in [0.29, 0.717) is 0 Å². The van der Waals surface area contributed by atoms with Crippen molar-refractivity contribution in [3.05, 3.63) is 191 Å². The van der Waals surface area contributed by atoms with Crippen molar-refractivity contribution in [1.29, 1.82) is 0 Å². The van der Waals surface area contributed by atoms with Crippen LogP contribution in [0.3, 0.4) is 0 Å². The van der Waals surface area contributed by atoms with Crippen LogP contribution in [0.25, 0.3) is 68.6 Å². The first-order chi connectivity index (χ1) is 25.3. The van der Waals surface area contributed by atoms with Crippen LogP contribution in [0.4, 0.5) is 11.4 Å². The van der Waals surface area contributed by atoms with E-state index >= 15 is 0 Å². The molecule has 0 saturated heterocycles. The van der Waals surface area contributed by atoms with E-state index < -0.39 is 0 Å². The number of benzene rings is 5. The van der Waals surface area contributed by atoms with Crippen LogP contribution < -0.4 is 4.90 Å². The SMILES string of the molecule is C=C1/C=C\C=C/c2ccccc2N1c1ccccc1-c1cccc(-n2c3c(c4ccc5c6c(n(-c7ccccc7)c5c42)C=C=C=C6)C=CCC3)c1. The van der Waals surface area contributed by atoms with Crippen LogP contribution in [0.2, 0.25) is 0 Å². The van der Waals surface area contributed by atoms with Gasteiger partial charge in [-0.1, -0.05) is 127 Å². The lowest BCUT2D eigenvalue weighted by Crippen LogP contribution is -2.17. The topological polar surface area (TPSA) is 13.1 Å². The Balaban J connectivity index is 1.24. The van der Waals surface area contributed by atoms with Gasteiger partial charge in [0.15, 0.2) is 0 Å². The van der Waals surface area contributed by atoms with Crippen LogP contribution >= 0.6 is 0 Å². The molecule has 3 nitrogen and oxygen atoms in total. The molecule has 240 valence electrons. The highest BCUT2D eigenvalue weighted by Crippen LogP contribution is 2.44. The molecule has 0 fully saturated rings. The summed E-state index contributed by atoms with van der Waals surface area (Å²) in [5, 5.41) is 2.48. The molecule has 0 radical (unpaired) electrons. The van der Waals surface area contributed by atoms with Crippen LogP contribution in [0.1, 0.15) is 34.5 Å². The average Bonchev–Trinajstić information content (AvgIpc) is 3.70. The van der Waals surface area contributed by atoms with Gasteiger partial charge >= 0.3 is 0 Å². The summed E-state index contributed by atoms with van der Waals surface area (Å²) >= 11 is 0. The van der Waals surface area contributed by atoms with Crippen molar-refractivity contribution in [1.82, 2.24) is 9.13 Å². The minimum absolute atomic E-state index is 0.915. The van der Waals surface area contributed by atoms with E-state index in [-0.39, 0.29) is 0 Å². The van der Waals surface area contributed by atoms with Gasteiger partial charge in [-0.3, -0.25) is 0 Å². The van der Waals surface area contributed by atoms with Gasteiger partial charge in [-0.05, 0) is 72.5 Å². The summed E-state index contributed by atoms with van der Waals surface area (Å²) in [4.78, 5) is 2.28. The van der Waals surface area contributed by atoms with Crippen molar-refractivity contribution in [3.63, 3.8) is 0 Å². The fourth-order valence-corrected chi connectivity index (χ4v) is 8.16. The Morgan fingerprint density at radius 1 is 0.588 bits per heavy atom. The molecular formula is C48H33N3. The van der Waals surface area contributed by atoms with Crippen LogP contribution in [-0.4, -0.2) is 9.13 Å². The third-order valence-corrected chi connectivity index (χ3v) is 10.3. The van der Waals surface area contributed by atoms with Crippen LogP contribution in [-0.2, 0) is 6.42 Å². The predicted molar refractivity (Wildman–Crippen MR) is 215 cm³/mol. The smallest absolute Gasteiger partial charge is 0.0789 e. The van der Waals surface area contributed by atoms with Gasteiger partial charge in [0.2, 0.25) is 0 Å². The van der Waals surface area contributed by atoms with E-state index in [1.807, 2.05) is 0 Å². The zero-order chi connectivity index (χ0) is 33.9. The number of para-hydroxylation sites is 3. The predicted octanol–water partition coefficient (Wildman–Crippen LogP) is 12.2. The third-order valence-electron chi connectivity index (χ3n) is 10.3. The van der Waals surface area contributed by atoms with E-state index in [4.69, 9.17) is 0 Å². The first-order valence-corrected chi connectivity index (χ1v) is 17.5. The molecule has 5 aromatic carbocycles. The normalized spacial score (nSPS) is 15.5. The Labute approximate surface area is 297 Å². The zero-order valence-corrected chi connectivity index (χ0v) is 28.1. The van der Waals surface area contributed by atoms with Crippen molar-refractivity contribution in [3.8, 4) is 22.5 Å². The number of hydrogen-bond acceptors (Lipinski definition) is 1. The number of fused-ring (bicyclic) bond motifs is 8. The van der Waals surface area contributed by atoms with Gasteiger partial charge in [-0.25, -0.2) is 0 Å². The molecule has 0 atom stereocenters. The standard InChI is InChI=1S/C48H33N3/c1-33-16-5-6-17-34-18-7-11-26-43(34)49(33)44-27-12-8-23-38(44)35-19-15-22-37(32-35)51-46-29-14-10-25-40(46)42-31-30-41-39-24-9-13-28-45(39)50(47(41)48(42)51)36-20-3-2-4-21-36/h2-8,10-12,15-28,30-32H,1,14,29H2/b16-5-,17-6-. The number of hydrogen-bond donors (Lipinski definition) is 0. The van der Waals surface area contributed by atoms with Gasteiger partial charge in [0, 0.05) is 56.3 Å². The first kappa shape index (κ1) is 29.2. The van der Waals surface area contributed by atoms with Gasteiger partial charge in [0.1, 0.15) is 0 Å². The molecule has 0 N–H and O–H groups in total. The summed E-state index contributed by atoms with van der Waals surface area (Å²) < 4.78 is 4.95. The second kappa shape index (κ2) is 11.7. The quantitative estimate of drug-likeness (QED) is 0.173. The fraction of sp³-hybridized carbons (Fsp3) is 0.0417. The van der Waals surface area contributed by atoms with Crippen molar-refractivity contribution in [2.45, 2.75) is 12.8 Å². The number of aromatic nitrogens is 2. The lowest BCUT2D eigenvalue weighted by atomic mass is 9.99. The maximum Gasteiger partial charge on any atom is 0.0789 e. The lowest BCUT2D eigenvalue weighted by Gasteiger charge is -2.30. The minimum Gasteiger partial charge on any atom is -0.311 e. The van der Waals surface area contributed by atoms with E-state index in [9.17, 15) is 0 Å². The van der Waals surface area contributed by atoms with Gasteiger partial charge in [-0.2, -0.15) is 0 Å². The Bertz CT molecular complexity index is 2780. The van der Waals surface area contributed by atoms with Gasteiger partial charge in [-0.15, -0.1) is 0 Å². The summed E-state index contributed by atoms with van der Waals surface area (Å²) in [6.45, 7) is 4.52. The lowest BCUT2D eigenvalue weighted by molar-refractivity contribution is 0.888. The molecule has 10 rings (SSSR count). The van der Waals surface area contributed by atoms with Crippen molar-refractivity contribution in [2.24, 2.45) is 0 Å². The van der Waals surface area contributed by atoms with Crippen molar-refractivity contribution >= 4 is 57.5 Å². The van der Waals surface area contributed by atoms with E-state index in [0.717, 1.165) is 63.7 Å². The molecule has 2 aromatic heterocycles. The van der Waals surface area contributed by atoms with Gasteiger partial charge in [0.25, 0.3) is 0 Å². The molecule has 2 aliphatic carbocycles. The van der Waals surface area contributed by atoms with Crippen molar-refractivity contribution in [2.75, 3.05) is 4.90 Å². The molecular weight excluding hydrogens is 619 g/mol. The number of nitrogens with zero attached hydrogens (tertiary/aromatic N) is 3. The maximum absolute atomic E-state index is 4.52. The summed E-state index contributed by atoms with van der Waals surface area (Å²) in [5.74, 6) is 0. The maximum atomic E-state index is 4.52. The summed E-state index contributed by atoms with van der Waals surface area (Å²) in [5.41, 5.74) is 22.7. The highest BCUT2D eigenvalue weighted by Gasteiger charge is 2.26. The molecule has 0 amide bonds. The second-order valence-corrected chi connectivity index (χ2v) is 13.2. The number of allylic oxidation sites excluding steroid dienone is 4. The van der Waals surface area contributed by atoms with Gasteiger partial charge in [0.05, 0.1) is 28.1 Å². The van der Waals surface area contributed by atoms with E-state index in [1.54, 1.807) is 0 Å². The van der Waals surface area contributed by atoms with Crippen LogP contribution in [0.15, 0.2) is 163 Å². The Hall–Kier alpha value is -6.76. The molecule has 0 spiro atoms. The molecule has 0 saturated carbocycles. The van der Waals surface area contributed by atoms with Crippen molar-refractivity contribution < 1.29 is 0 Å². The van der Waals surface area contributed by atoms with Crippen LogP contribution in [0.5, 0.6) is 0 Å². The molecule has 3 aliphatic rings. The number of rotatable bonds is 4. The molecule has 7 aromatic rings. The molecule has 3 heterocycles. The monoisotopic (exact) mass is 651 g/mol. The third kappa shape index (κ3) is 4.54.